The van der Waals surface area contributed by atoms with Crippen molar-refractivity contribution in [1.82, 2.24) is 0 Å². The lowest BCUT2D eigenvalue weighted by molar-refractivity contribution is -0.758. The number of hydrogen-bond acceptors (Lipinski definition) is 7. The van der Waals surface area contributed by atoms with E-state index in [1.807, 2.05) is 30.3 Å². The molecule has 0 saturated carbocycles. The zero-order valence-corrected chi connectivity index (χ0v) is 17.7. The van der Waals surface area contributed by atoms with Crippen LogP contribution in [-0.4, -0.2) is 43.9 Å². The third-order valence-corrected chi connectivity index (χ3v) is 5.27. The molecule has 3 rings (SSSR count). The molecule has 31 heavy (non-hydrogen) atoms. The summed E-state index contributed by atoms with van der Waals surface area (Å²) in [4.78, 5) is 30.3. The molecule has 0 amide bonds. The van der Waals surface area contributed by atoms with E-state index in [1.165, 1.54) is 21.3 Å². The van der Waals surface area contributed by atoms with Crippen LogP contribution < -0.4 is 4.74 Å². The number of aryl methyl sites for hydroxylation is 1. The molecular weight excluding hydrogens is 402 g/mol. The molecule has 0 aromatic heterocycles. The lowest BCUT2D eigenvalue weighted by Crippen LogP contribution is -2.33. The average Bonchev–Trinajstić information content (AvgIpc) is 2.81. The second-order valence-corrected chi connectivity index (χ2v) is 7.07. The zero-order chi connectivity index (χ0) is 22.4. The average molecular weight is 427 g/mol. The Bertz CT molecular complexity index is 955. The summed E-state index contributed by atoms with van der Waals surface area (Å²) in [5, 5.41) is 12.8. The van der Waals surface area contributed by atoms with E-state index in [2.05, 4.69) is 0 Å². The van der Waals surface area contributed by atoms with Crippen molar-refractivity contribution in [3.63, 3.8) is 0 Å². The van der Waals surface area contributed by atoms with Crippen LogP contribution in [0.3, 0.4) is 0 Å². The van der Waals surface area contributed by atoms with Gasteiger partial charge in [0.2, 0.25) is 0 Å². The van der Waals surface area contributed by atoms with Crippen molar-refractivity contribution in [2.24, 2.45) is 5.92 Å². The van der Waals surface area contributed by atoms with E-state index in [0.717, 1.165) is 5.56 Å². The molecule has 0 fully saturated rings. The van der Waals surface area contributed by atoms with Crippen LogP contribution in [0, 0.1) is 11.1 Å². The molecule has 0 bridgehead atoms. The Labute approximate surface area is 180 Å². The summed E-state index contributed by atoms with van der Waals surface area (Å²) in [5.74, 6) is -2.16. The zero-order valence-electron chi connectivity index (χ0n) is 17.7. The van der Waals surface area contributed by atoms with Crippen molar-refractivity contribution < 1.29 is 33.5 Å². The summed E-state index contributed by atoms with van der Waals surface area (Å²) in [7, 11) is 3.91. The van der Waals surface area contributed by atoms with Gasteiger partial charge in [0.25, 0.3) is 5.71 Å². The maximum atomic E-state index is 12.8. The molecule has 2 aromatic carbocycles. The van der Waals surface area contributed by atoms with Crippen LogP contribution in [0.1, 0.15) is 35.6 Å². The molecule has 1 heterocycles. The highest BCUT2D eigenvalue weighted by molar-refractivity contribution is 5.99. The van der Waals surface area contributed by atoms with E-state index in [9.17, 15) is 14.8 Å². The predicted molar refractivity (Wildman–Crippen MR) is 111 cm³/mol. The van der Waals surface area contributed by atoms with E-state index in [0.29, 0.717) is 40.3 Å². The molecule has 1 aliphatic heterocycles. The Morgan fingerprint density at radius 1 is 1.03 bits per heavy atom. The second-order valence-electron chi connectivity index (χ2n) is 7.07. The molecule has 8 heteroatoms. The number of ether oxygens (including phenoxy) is 3. The van der Waals surface area contributed by atoms with Gasteiger partial charge in [-0.2, -0.15) is 0 Å². The number of carbonyl (C=O) groups is 2. The van der Waals surface area contributed by atoms with E-state index in [1.54, 1.807) is 18.2 Å². The molecule has 0 N–H and O–H groups in total. The fourth-order valence-electron chi connectivity index (χ4n) is 3.62. The molecule has 1 atom stereocenters. The third-order valence-electron chi connectivity index (χ3n) is 5.27. The number of methoxy groups -OCH3 is 3. The van der Waals surface area contributed by atoms with Crippen LogP contribution in [-0.2, 0) is 30.3 Å². The Hall–Kier alpha value is -3.55. The normalized spacial score (nSPS) is 15.2. The molecule has 0 saturated heterocycles. The Kier molecular flexibility index (Phi) is 7.12. The second kappa shape index (κ2) is 9.97. The number of carbonyl (C=O) groups excluding carboxylic acids is 2. The van der Waals surface area contributed by atoms with Gasteiger partial charge in [-0.3, -0.25) is 14.8 Å². The van der Waals surface area contributed by atoms with Crippen molar-refractivity contribution in [1.29, 1.82) is 0 Å². The fraction of sp³-hybridized carbons (Fsp3) is 0.348. The number of hydrogen-bond donors (Lipinski definition) is 0. The number of fused-ring (bicyclic) bond motifs is 1. The van der Waals surface area contributed by atoms with Crippen molar-refractivity contribution in [2.45, 2.75) is 25.4 Å². The smallest absolute Gasteiger partial charge is 0.320 e. The molecule has 164 valence electrons. The molecule has 0 spiro atoms. The van der Waals surface area contributed by atoms with Gasteiger partial charge >= 0.3 is 11.9 Å². The number of rotatable bonds is 8. The first kappa shape index (κ1) is 22.1. The minimum Gasteiger partial charge on any atom is -0.497 e. The highest BCUT2D eigenvalue weighted by atomic mass is 16.9. The van der Waals surface area contributed by atoms with Gasteiger partial charge in [-0.1, -0.05) is 30.3 Å². The minimum absolute atomic E-state index is 0.107. The Morgan fingerprint density at radius 3 is 2.32 bits per heavy atom. The number of nitrogens with zero attached hydrogens (tertiary/aromatic N) is 1. The van der Waals surface area contributed by atoms with Crippen LogP contribution in [0.4, 0.5) is 0 Å². The third kappa shape index (κ3) is 4.96. The molecule has 1 aliphatic rings. The summed E-state index contributed by atoms with van der Waals surface area (Å²) in [6, 6.07) is 15.1. The van der Waals surface area contributed by atoms with Gasteiger partial charge in [-0.05, 0) is 42.2 Å². The van der Waals surface area contributed by atoms with Gasteiger partial charge in [-0.15, -0.1) is 0 Å². The highest BCUT2D eigenvalue weighted by Crippen LogP contribution is 2.35. The van der Waals surface area contributed by atoms with Crippen LogP contribution in [0.5, 0.6) is 5.75 Å². The molecule has 8 nitrogen and oxygen atoms in total. The van der Waals surface area contributed by atoms with Gasteiger partial charge < -0.3 is 19.0 Å². The van der Waals surface area contributed by atoms with E-state index >= 15 is 0 Å². The van der Waals surface area contributed by atoms with E-state index < -0.39 is 24.0 Å². The number of benzene rings is 2. The lowest BCUT2D eigenvalue weighted by atomic mass is 9.89. The van der Waals surface area contributed by atoms with Crippen LogP contribution in [0.15, 0.2) is 48.5 Å². The first-order valence-corrected chi connectivity index (χ1v) is 9.86. The summed E-state index contributed by atoms with van der Waals surface area (Å²) in [6.45, 7) is 0. The van der Waals surface area contributed by atoms with E-state index in [4.69, 9.17) is 19.0 Å². The monoisotopic (exact) mass is 427 g/mol. The van der Waals surface area contributed by atoms with Crippen LogP contribution >= 0.6 is 0 Å². The van der Waals surface area contributed by atoms with Gasteiger partial charge in [0.05, 0.1) is 33.0 Å². The Balaban J connectivity index is 1.93. The summed E-state index contributed by atoms with van der Waals surface area (Å²) >= 11 is 0. The number of esters is 2. The molecule has 2 aromatic rings. The molecule has 1 unspecified atom stereocenters. The van der Waals surface area contributed by atoms with Crippen molar-refractivity contribution in [2.75, 3.05) is 21.3 Å². The topological polar surface area (TPSA) is 97.1 Å². The standard InChI is InChI=1S/C23H25NO7/c1-28-16-10-11-17-18(13-16)21(14-19(22(25)29-2)23(26)30-3)31-24(27)20(17)12-9-15-7-5-4-6-8-15/h4-8,10-11,13,19,21H,9,12,14H2,1-3H3. The SMILES string of the molecule is COC(=O)C(CC1O[N+]([O-])=C(CCc2ccccc2)c2ccc(OC)cc21)C(=O)OC. The first-order chi connectivity index (χ1) is 15.0. The quantitative estimate of drug-likeness (QED) is 0.363. The fourth-order valence-corrected chi connectivity index (χ4v) is 3.62. The van der Waals surface area contributed by atoms with Crippen molar-refractivity contribution in [3.8, 4) is 5.75 Å². The van der Waals surface area contributed by atoms with Gasteiger partial charge in [0, 0.05) is 11.3 Å². The summed E-state index contributed by atoms with van der Waals surface area (Å²) in [5.41, 5.74) is 2.91. The van der Waals surface area contributed by atoms with Gasteiger partial charge in [-0.25, -0.2) is 0 Å². The minimum atomic E-state index is -1.22. The van der Waals surface area contributed by atoms with Crippen molar-refractivity contribution >= 4 is 17.7 Å². The molecular formula is C23H25NO7. The highest BCUT2D eigenvalue weighted by Gasteiger charge is 2.37. The maximum absolute atomic E-state index is 12.8. The predicted octanol–water partition coefficient (Wildman–Crippen LogP) is 2.97. The largest absolute Gasteiger partial charge is 0.497 e. The molecule has 0 aliphatic carbocycles. The van der Waals surface area contributed by atoms with Gasteiger partial charge in [0.1, 0.15) is 5.75 Å². The van der Waals surface area contributed by atoms with Crippen LogP contribution in [0.2, 0.25) is 0 Å². The van der Waals surface area contributed by atoms with Crippen LogP contribution in [0.25, 0.3) is 0 Å². The first-order valence-electron chi connectivity index (χ1n) is 9.86. The maximum Gasteiger partial charge on any atom is 0.320 e. The Morgan fingerprint density at radius 2 is 1.71 bits per heavy atom. The molecule has 0 radical (unpaired) electrons. The van der Waals surface area contributed by atoms with Crippen molar-refractivity contribution in [3.05, 3.63) is 70.4 Å². The summed E-state index contributed by atoms with van der Waals surface area (Å²) in [6.07, 6.45) is 0.147. The lowest BCUT2D eigenvalue weighted by Gasteiger charge is -2.29. The van der Waals surface area contributed by atoms with E-state index in [-0.39, 0.29) is 6.42 Å². The van der Waals surface area contributed by atoms with Gasteiger partial charge in [0.15, 0.2) is 5.92 Å². The summed E-state index contributed by atoms with van der Waals surface area (Å²) < 4.78 is 14.8.